The summed E-state index contributed by atoms with van der Waals surface area (Å²) in [6.07, 6.45) is 1.71. The topological polar surface area (TPSA) is 29.5 Å². The molecule has 0 spiro atoms. The zero-order valence-electron chi connectivity index (χ0n) is 8.98. The summed E-state index contributed by atoms with van der Waals surface area (Å²) in [4.78, 5) is 0. The van der Waals surface area contributed by atoms with Crippen LogP contribution in [0, 0.1) is 0 Å². The molecule has 0 rings (SSSR count). The van der Waals surface area contributed by atoms with E-state index in [2.05, 4.69) is 13.8 Å². The van der Waals surface area contributed by atoms with Crippen molar-refractivity contribution in [2.45, 2.75) is 58.7 Å². The molecule has 0 saturated heterocycles. The van der Waals surface area contributed by atoms with Crippen molar-refractivity contribution in [2.75, 3.05) is 6.61 Å². The van der Waals surface area contributed by atoms with Crippen LogP contribution in [0.25, 0.3) is 0 Å². The van der Waals surface area contributed by atoms with Gasteiger partial charge in [-0.05, 0) is 47.5 Å². The van der Waals surface area contributed by atoms with Gasteiger partial charge in [-0.3, -0.25) is 0 Å². The Hall–Kier alpha value is -0.0800. The molecule has 0 radical (unpaired) electrons. The highest BCUT2D eigenvalue weighted by Crippen LogP contribution is 2.23. The van der Waals surface area contributed by atoms with E-state index in [0.29, 0.717) is 0 Å². The summed E-state index contributed by atoms with van der Waals surface area (Å²) in [6, 6.07) is 0. The third-order valence-electron chi connectivity index (χ3n) is 1.52. The monoisotopic (exact) mass is 174 g/mol. The lowest BCUT2D eigenvalue weighted by molar-refractivity contribution is -0.117. The normalized spacial score (nSPS) is 13.5. The van der Waals surface area contributed by atoms with E-state index in [1.165, 1.54) is 0 Å². The van der Waals surface area contributed by atoms with Crippen molar-refractivity contribution in [1.29, 1.82) is 0 Å². The average molecular weight is 174 g/mol. The van der Waals surface area contributed by atoms with Gasteiger partial charge in [-0.15, -0.1) is 0 Å². The molecular weight excluding hydrogens is 152 g/mol. The molecule has 0 saturated carbocycles. The van der Waals surface area contributed by atoms with Gasteiger partial charge in [0.25, 0.3) is 0 Å². The van der Waals surface area contributed by atoms with E-state index in [4.69, 9.17) is 9.84 Å². The molecule has 0 aromatic heterocycles. The van der Waals surface area contributed by atoms with Crippen molar-refractivity contribution in [3.63, 3.8) is 0 Å². The van der Waals surface area contributed by atoms with Crippen LogP contribution in [-0.2, 0) is 4.74 Å². The molecule has 0 aromatic rings. The van der Waals surface area contributed by atoms with Gasteiger partial charge in [0.05, 0.1) is 11.2 Å². The second kappa shape index (κ2) is 4.24. The first-order valence-corrected chi connectivity index (χ1v) is 4.58. The van der Waals surface area contributed by atoms with E-state index in [9.17, 15) is 0 Å². The minimum Gasteiger partial charge on any atom is -0.396 e. The van der Waals surface area contributed by atoms with Gasteiger partial charge < -0.3 is 9.84 Å². The summed E-state index contributed by atoms with van der Waals surface area (Å²) in [5, 5.41) is 8.67. The van der Waals surface area contributed by atoms with Crippen molar-refractivity contribution in [3.8, 4) is 0 Å². The number of aliphatic hydroxyl groups excluding tert-OH is 1. The SMILES string of the molecule is CC(C)(C)OC(C)(C)CCCO. The maximum atomic E-state index is 8.67. The maximum Gasteiger partial charge on any atom is 0.0634 e. The number of aliphatic hydroxyl groups is 1. The van der Waals surface area contributed by atoms with E-state index >= 15 is 0 Å². The Balaban J connectivity index is 3.86. The average Bonchev–Trinajstić information content (AvgIpc) is 1.78. The van der Waals surface area contributed by atoms with Gasteiger partial charge in [0.2, 0.25) is 0 Å². The van der Waals surface area contributed by atoms with E-state index in [1.54, 1.807) is 0 Å². The molecule has 0 aliphatic carbocycles. The number of ether oxygens (including phenoxy) is 1. The highest BCUT2D eigenvalue weighted by Gasteiger charge is 2.24. The molecule has 1 N–H and O–H groups in total. The van der Waals surface area contributed by atoms with E-state index in [1.807, 2.05) is 20.8 Å². The Morgan fingerprint density at radius 1 is 1.08 bits per heavy atom. The molecule has 0 atom stereocenters. The molecule has 0 heterocycles. The van der Waals surface area contributed by atoms with Crippen LogP contribution in [0.5, 0.6) is 0 Å². The predicted octanol–water partition coefficient (Wildman–Crippen LogP) is 2.35. The Bertz CT molecular complexity index is 122. The first-order valence-electron chi connectivity index (χ1n) is 4.58. The molecule has 0 amide bonds. The van der Waals surface area contributed by atoms with Crippen LogP contribution in [0.4, 0.5) is 0 Å². The zero-order chi connectivity index (χ0) is 9.83. The summed E-state index contributed by atoms with van der Waals surface area (Å²) in [7, 11) is 0. The summed E-state index contributed by atoms with van der Waals surface area (Å²) >= 11 is 0. The van der Waals surface area contributed by atoms with Crippen LogP contribution in [-0.4, -0.2) is 22.9 Å². The van der Waals surface area contributed by atoms with Crippen molar-refractivity contribution in [1.82, 2.24) is 0 Å². The van der Waals surface area contributed by atoms with Crippen molar-refractivity contribution >= 4 is 0 Å². The molecule has 2 heteroatoms. The first kappa shape index (κ1) is 11.9. The molecule has 0 fully saturated rings. The summed E-state index contributed by atoms with van der Waals surface area (Å²) in [5.74, 6) is 0. The predicted molar refractivity (Wildman–Crippen MR) is 51.2 cm³/mol. The van der Waals surface area contributed by atoms with Crippen LogP contribution in [0.1, 0.15) is 47.5 Å². The van der Waals surface area contributed by atoms with Gasteiger partial charge in [0.15, 0.2) is 0 Å². The van der Waals surface area contributed by atoms with Crippen molar-refractivity contribution in [3.05, 3.63) is 0 Å². The van der Waals surface area contributed by atoms with Gasteiger partial charge >= 0.3 is 0 Å². The number of hydrogen-bond acceptors (Lipinski definition) is 2. The first-order chi connectivity index (χ1) is 5.27. The molecule has 12 heavy (non-hydrogen) atoms. The third kappa shape index (κ3) is 6.62. The standard InChI is InChI=1S/C10H22O2/c1-9(2,3)12-10(4,5)7-6-8-11/h11H,6-8H2,1-5H3. The van der Waals surface area contributed by atoms with Gasteiger partial charge in [-0.25, -0.2) is 0 Å². The van der Waals surface area contributed by atoms with Crippen LogP contribution in [0.2, 0.25) is 0 Å². The second-order valence-corrected chi connectivity index (χ2v) is 4.80. The number of rotatable bonds is 4. The summed E-state index contributed by atoms with van der Waals surface area (Å²) in [6.45, 7) is 10.5. The number of hydrogen-bond donors (Lipinski definition) is 1. The quantitative estimate of drug-likeness (QED) is 0.709. The van der Waals surface area contributed by atoms with Gasteiger partial charge in [0, 0.05) is 6.61 Å². The summed E-state index contributed by atoms with van der Waals surface area (Å²) in [5.41, 5.74) is -0.222. The molecule has 0 unspecified atom stereocenters. The molecule has 0 bridgehead atoms. The second-order valence-electron chi connectivity index (χ2n) is 4.80. The molecule has 0 aliphatic rings. The van der Waals surface area contributed by atoms with Crippen LogP contribution in [0.15, 0.2) is 0 Å². The Kier molecular flexibility index (Phi) is 4.21. The fraction of sp³-hybridized carbons (Fsp3) is 1.00. The fourth-order valence-electron chi connectivity index (χ4n) is 1.38. The van der Waals surface area contributed by atoms with Crippen LogP contribution >= 0.6 is 0 Å². The fourth-order valence-corrected chi connectivity index (χ4v) is 1.38. The van der Waals surface area contributed by atoms with Crippen molar-refractivity contribution in [2.24, 2.45) is 0 Å². The molecule has 0 aromatic carbocycles. The zero-order valence-corrected chi connectivity index (χ0v) is 8.98. The van der Waals surface area contributed by atoms with Crippen LogP contribution in [0.3, 0.4) is 0 Å². The van der Waals surface area contributed by atoms with E-state index < -0.39 is 0 Å². The third-order valence-corrected chi connectivity index (χ3v) is 1.52. The highest BCUT2D eigenvalue weighted by molar-refractivity contribution is 4.73. The van der Waals surface area contributed by atoms with Crippen molar-refractivity contribution < 1.29 is 9.84 Å². The minimum absolute atomic E-state index is 0.0983. The molecule has 74 valence electrons. The van der Waals surface area contributed by atoms with Gasteiger partial charge in [-0.2, -0.15) is 0 Å². The van der Waals surface area contributed by atoms with Gasteiger partial charge in [0.1, 0.15) is 0 Å². The highest BCUT2D eigenvalue weighted by atomic mass is 16.5. The Morgan fingerprint density at radius 3 is 1.92 bits per heavy atom. The van der Waals surface area contributed by atoms with E-state index in [-0.39, 0.29) is 17.8 Å². The smallest absolute Gasteiger partial charge is 0.0634 e. The largest absolute Gasteiger partial charge is 0.396 e. The summed E-state index contributed by atoms with van der Waals surface area (Å²) < 4.78 is 5.82. The van der Waals surface area contributed by atoms with E-state index in [0.717, 1.165) is 12.8 Å². The van der Waals surface area contributed by atoms with Crippen LogP contribution < -0.4 is 0 Å². The van der Waals surface area contributed by atoms with Gasteiger partial charge in [-0.1, -0.05) is 0 Å². The Morgan fingerprint density at radius 2 is 1.58 bits per heavy atom. The lowest BCUT2D eigenvalue weighted by atomic mass is 10.0. The minimum atomic E-state index is -0.124. The molecule has 2 nitrogen and oxygen atoms in total. The lowest BCUT2D eigenvalue weighted by Gasteiger charge is -2.33. The Labute approximate surface area is 75.9 Å². The molecule has 0 aliphatic heterocycles. The lowest BCUT2D eigenvalue weighted by Crippen LogP contribution is -2.34. The molecular formula is C10H22O2. The maximum absolute atomic E-state index is 8.67.